The molecule has 146 valence electrons. The predicted molar refractivity (Wildman–Crippen MR) is 107 cm³/mol. The minimum absolute atomic E-state index is 0.469. The highest BCUT2D eigenvalue weighted by atomic mass is 32.2. The quantitative estimate of drug-likeness (QED) is 0.561. The zero-order chi connectivity index (χ0) is 19.2. The summed E-state index contributed by atoms with van der Waals surface area (Å²) in [6, 6.07) is 10.5. The maximum Gasteiger partial charge on any atom is 0.209 e. The number of benzene rings is 1. The molecule has 0 atom stereocenters. The molecular weight excluding hydrogens is 350 g/mol. The molecule has 0 amide bonds. The molecule has 0 saturated carbocycles. The number of sulfonamides is 1. The highest BCUT2D eigenvalue weighted by Crippen LogP contribution is 2.09. The third-order valence-corrected chi connectivity index (χ3v) is 5.21. The number of aliphatic imine (C=N–C) groups is 1. The van der Waals surface area contributed by atoms with Gasteiger partial charge in [-0.1, -0.05) is 30.3 Å². The maximum atomic E-state index is 11.5. The third kappa shape index (κ3) is 6.93. The molecule has 1 saturated heterocycles. The van der Waals surface area contributed by atoms with Crippen LogP contribution in [0.3, 0.4) is 0 Å². The minimum atomic E-state index is -3.25. The Morgan fingerprint density at radius 1 is 1.15 bits per heavy atom. The van der Waals surface area contributed by atoms with Crippen molar-refractivity contribution in [2.45, 2.75) is 25.9 Å². The van der Waals surface area contributed by atoms with Crippen LogP contribution in [0.2, 0.25) is 0 Å². The lowest BCUT2D eigenvalue weighted by molar-refractivity contribution is 0.172. The van der Waals surface area contributed by atoms with E-state index in [0.29, 0.717) is 6.54 Å². The van der Waals surface area contributed by atoms with Crippen LogP contribution in [0, 0.1) is 0 Å². The van der Waals surface area contributed by atoms with Crippen LogP contribution in [0.15, 0.2) is 35.3 Å². The highest BCUT2D eigenvalue weighted by Gasteiger charge is 2.25. The summed E-state index contributed by atoms with van der Waals surface area (Å²) >= 11 is 0. The first kappa shape index (κ1) is 20.7. The van der Waals surface area contributed by atoms with Gasteiger partial charge in [0.15, 0.2) is 5.96 Å². The molecule has 1 fully saturated rings. The van der Waals surface area contributed by atoms with Crippen LogP contribution in [0.5, 0.6) is 0 Å². The number of guanidine groups is 1. The first-order valence-corrected chi connectivity index (χ1v) is 10.8. The van der Waals surface area contributed by atoms with Crippen LogP contribution in [-0.4, -0.2) is 75.7 Å². The Labute approximate surface area is 157 Å². The van der Waals surface area contributed by atoms with Gasteiger partial charge in [0.05, 0.1) is 6.26 Å². The Balaban J connectivity index is 1.83. The van der Waals surface area contributed by atoms with Crippen molar-refractivity contribution in [2.24, 2.45) is 4.99 Å². The lowest BCUT2D eigenvalue weighted by Crippen LogP contribution is -2.56. The van der Waals surface area contributed by atoms with Gasteiger partial charge >= 0.3 is 0 Å². The smallest absolute Gasteiger partial charge is 0.209 e. The molecule has 0 radical (unpaired) electrons. The number of hydrogen-bond acceptors (Lipinski definition) is 4. The first-order chi connectivity index (χ1) is 12.2. The molecule has 1 heterocycles. The third-order valence-electron chi connectivity index (χ3n) is 4.28. The zero-order valence-corrected chi connectivity index (χ0v) is 17.0. The van der Waals surface area contributed by atoms with Crippen molar-refractivity contribution in [1.29, 1.82) is 0 Å². The van der Waals surface area contributed by atoms with Gasteiger partial charge in [-0.2, -0.15) is 0 Å². The predicted octanol–water partition coefficient (Wildman–Crippen LogP) is 0.707. The number of rotatable bonds is 6. The molecule has 0 spiro atoms. The zero-order valence-electron chi connectivity index (χ0n) is 16.2. The van der Waals surface area contributed by atoms with Gasteiger partial charge in [0, 0.05) is 51.9 Å². The van der Waals surface area contributed by atoms with E-state index in [0.717, 1.165) is 38.7 Å². The molecule has 0 aromatic heterocycles. The summed E-state index contributed by atoms with van der Waals surface area (Å²) in [5, 5.41) is 3.30. The summed E-state index contributed by atoms with van der Waals surface area (Å²) in [5.41, 5.74) is 0.746. The van der Waals surface area contributed by atoms with E-state index in [-0.39, 0.29) is 0 Å². The Hall–Kier alpha value is -1.64. The van der Waals surface area contributed by atoms with Crippen molar-refractivity contribution in [1.82, 2.24) is 19.8 Å². The molecule has 1 aromatic carbocycles. The Morgan fingerprint density at radius 3 is 2.31 bits per heavy atom. The van der Waals surface area contributed by atoms with E-state index in [1.165, 1.54) is 11.8 Å². The van der Waals surface area contributed by atoms with Crippen LogP contribution in [0.4, 0.5) is 0 Å². The number of nitrogens with one attached hydrogen (secondary N) is 2. The van der Waals surface area contributed by atoms with Gasteiger partial charge in [0.2, 0.25) is 10.0 Å². The minimum Gasteiger partial charge on any atom is -0.354 e. The second-order valence-electron chi connectivity index (χ2n) is 7.41. The Kier molecular flexibility index (Phi) is 7.02. The van der Waals surface area contributed by atoms with Crippen molar-refractivity contribution in [2.75, 3.05) is 46.0 Å². The summed E-state index contributed by atoms with van der Waals surface area (Å²) in [6.45, 7) is 8.88. The second kappa shape index (κ2) is 8.83. The summed E-state index contributed by atoms with van der Waals surface area (Å²) in [7, 11) is -1.49. The molecule has 0 bridgehead atoms. The van der Waals surface area contributed by atoms with Gasteiger partial charge < -0.3 is 10.2 Å². The van der Waals surface area contributed by atoms with E-state index < -0.39 is 15.6 Å². The van der Waals surface area contributed by atoms with E-state index in [2.05, 4.69) is 49.1 Å². The van der Waals surface area contributed by atoms with Gasteiger partial charge in [0.1, 0.15) is 0 Å². The van der Waals surface area contributed by atoms with Crippen LogP contribution >= 0.6 is 0 Å². The molecule has 0 aliphatic carbocycles. The Morgan fingerprint density at radius 2 is 1.77 bits per heavy atom. The highest BCUT2D eigenvalue weighted by molar-refractivity contribution is 7.88. The molecule has 2 N–H and O–H groups in total. The van der Waals surface area contributed by atoms with Gasteiger partial charge in [-0.25, -0.2) is 13.1 Å². The summed E-state index contributed by atoms with van der Waals surface area (Å²) in [5.74, 6) is 0.813. The Bertz CT molecular complexity index is 696. The second-order valence-corrected chi connectivity index (χ2v) is 9.16. The van der Waals surface area contributed by atoms with E-state index in [4.69, 9.17) is 0 Å². The van der Waals surface area contributed by atoms with Crippen molar-refractivity contribution in [3.63, 3.8) is 0 Å². The number of nitrogens with zero attached hydrogens (tertiary/aromatic N) is 3. The van der Waals surface area contributed by atoms with Crippen molar-refractivity contribution in [3.8, 4) is 0 Å². The molecule has 1 aliphatic rings. The molecule has 2 rings (SSSR count). The maximum absolute atomic E-state index is 11.5. The summed E-state index contributed by atoms with van der Waals surface area (Å²) in [4.78, 5) is 9.02. The lowest BCUT2D eigenvalue weighted by Gasteiger charge is -2.37. The van der Waals surface area contributed by atoms with Gasteiger partial charge in [-0.3, -0.25) is 9.89 Å². The molecular formula is C18H31N5O2S. The first-order valence-electron chi connectivity index (χ1n) is 8.89. The van der Waals surface area contributed by atoms with Crippen molar-refractivity contribution in [3.05, 3.63) is 35.9 Å². The molecule has 26 heavy (non-hydrogen) atoms. The monoisotopic (exact) mass is 381 g/mol. The fourth-order valence-corrected chi connectivity index (χ4v) is 4.21. The van der Waals surface area contributed by atoms with Gasteiger partial charge in [-0.05, 0) is 19.4 Å². The molecule has 0 unspecified atom stereocenters. The van der Waals surface area contributed by atoms with Crippen LogP contribution < -0.4 is 10.0 Å². The van der Waals surface area contributed by atoms with E-state index in [9.17, 15) is 8.42 Å². The molecule has 1 aromatic rings. The van der Waals surface area contributed by atoms with Crippen LogP contribution in [-0.2, 0) is 16.6 Å². The van der Waals surface area contributed by atoms with E-state index in [1.54, 1.807) is 7.05 Å². The standard InChI is InChI=1S/C18H31N5O2S/c1-18(2,21-26(4,24)25)15-20-17(19-3)23-12-10-22(11-13-23)14-16-8-6-5-7-9-16/h5-9,21H,10-15H2,1-4H3,(H,19,20). The summed E-state index contributed by atoms with van der Waals surface area (Å²) in [6.07, 6.45) is 1.18. The number of piperazine rings is 1. The van der Waals surface area contributed by atoms with Gasteiger partial charge in [0.25, 0.3) is 0 Å². The van der Waals surface area contributed by atoms with Crippen molar-refractivity contribution < 1.29 is 8.42 Å². The van der Waals surface area contributed by atoms with Crippen molar-refractivity contribution >= 4 is 16.0 Å². The van der Waals surface area contributed by atoms with E-state index in [1.807, 2.05) is 19.9 Å². The average Bonchev–Trinajstić information content (AvgIpc) is 2.55. The average molecular weight is 382 g/mol. The topological polar surface area (TPSA) is 77.0 Å². The SMILES string of the molecule is CN=C(NCC(C)(C)NS(C)(=O)=O)N1CCN(Cc2ccccc2)CC1. The fraction of sp³-hybridized carbons (Fsp3) is 0.611. The summed E-state index contributed by atoms with van der Waals surface area (Å²) < 4.78 is 25.6. The molecule has 1 aliphatic heterocycles. The lowest BCUT2D eigenvalue weighted by atomic mass is 10.1. The van der Waals surface area contributed by atoms with Crippen LogP contribution in [0.1, 0.15) is 19.4 Å². The van der Waals surface area contributed by atoms with Crippen LogP contribution in [0.25, 0.3) is 0 Å². The van der Waals surface area contributed by atoms with E-state index >= 15 is 0 Å². The fourth-order valence-electron chi connectivity index (χ4n) is 3.13. The number of hydrogen-bond donors (Lipinski definition) is 2. The van der Waals surface area contributed by atoms with Gasteiger partial charge in [-0.15, -0.1) is 0 Å². The normalized spacial score (nSPS) is 17.4. The largest absolute Gasteiger partial charge is 0.354 e. The molecule has 8 heteroatoms. The molecule has 7 nitrogen and oxygen atoms in total.